The Hall–Kier alpha value is -1.33. The summed E-state index contributed by atoms with van der Waals surface area (Å²) in [6, 6.07) is 7.15. The molecule has 110 valence electrons. The van der Waals surface area contributed by atoms with Gasteiger partial charge < -0.3 is 16.4 Å². The van der Waals surface area contributed by atoms with Crippen LogP contribution in [0.2, 0.25) is 20.1 Å². The summed E-state index contributed by atoms with van der Waals surface area (Å²) in [7, 11) is 0. The first-order valence-electron chi connectivity index (χ1n) is 5.64. The van der Waals surface area contributed by atoms with E-state index in [1.54, 1.807) is 12.1 Å². The molecule has 0 bridgehead atoms. The van der Waals surface area contributed by atoms with Crippen LogP contribution in [-0.4, -0.2) is 6.03 Å². The van der Waals surface area contributed by atoms with Crippen LogP contribution >= 0.6 is 46.4 Å². The van der Waals surface area contributed by atoms with Crippen molar-refractivity contribution in [1.29, 1.82) is 0 Å². The average Bonchev–Trinajstić information content (AvgIpc) is 2.38. The molecule has 2 aromatic rings. The molecule has 0 saturated carbocycles. The van der Waals surface area contributed by atoms with E-state index in [0.29, 0.717) is 20.8 Å². The van der Waals surface area contributed by atoms with Crippen LogP contribution in [0.25, 0.3) is 0 Å². The lowest BCUT2D eigenvalue weighted by Gasteiger charge is -2.12. The van der Waals surface area contributed by atoms with Crippen molar-refractivity contribution in [3.63, 3.8) is 0 Å². The summed E-state index contributed by atoms with van der Waals surface area (Å²) in [5, 5.41) is 6.48. The Balaban J connectivity index is 2.13. The van der Waals surface area contributed by atoms with E-state index < -0.39 is 6.03 Å². The topological polar surface area (TPSA) is 67.1 Å². The Morgan fingerprint density at radius 2 is 1.62 bits per heavy atom. The zero-order valence-corrected chi connectivity index (χ0v) is 13.4. The van der Waals surface area contributed by atoms with E-state index in [4.69, 9.17) is 52.1 Å². The number of hydrogen-bond acceptors (Lipinski definition) is 2. The van der Waals surface area contributed by atoms with Gasteiger partial charge in [0.05, 0.1) is 26.4 Å². The van der Waals surface area contributed by atoms with Crippen molar-refractivity contribution < 1.29 is 4.79 Å². The van der Waals surface area contributed by atoms with Gasteiger partial charge in [-0.3, -0.25) is 0 Å². The third kappa shape index (κ3) is 4.08. The minimum atomic E-state index is -0.524. The molecule has 0 saturated heterocycles. The van der Waals surface area contributed by atoms with E-state index in [1.165, 1.54) is 18.2 Å². The quantitative estimate of drug-likeness (QED) is 0.613. The zero-order chi connectivity index (χ0) is 15.6. The molecule has 0 aromatic heterocycles. The largest absolute Gasteiger partial charge is 0.397 e. The maximum atomic E-state index is 11.9. The lowest BCUT2D eigenvalue weighted by Crippen LogP contribution is -2.20. The fourth-order valence-electron chi connectivity index (χ4n) is 1.58. The normalized spacial score (nSPS) is 10.3. The second-order valence-corrected chi connectivity index (χ2v) is 5.72. The molecule has 8 heteroatoms. The minimum Gasteiger partial charge on any atom is -0.397 e. The van der Waals surface area contributed by atoms with Gasteiger partial charge in [0.1, 0.15) is 0 Å². The smallest absolute Gasteiger partial charge is 0.323 e. The number of nitrogens with one attached hydrogen (secondary N) is 2. The molecule has 0 atom stereocenters. The Morgan fingerprint density at radius 1 is 0.905 bits per heavy atom. The Labute approximate surface area is 141 Å². The molecule has 0 heterocycles. The summed E-state index contributed by atoms with van der Waals surface area (Å²) in [6.45, 7) is 0. The van der Waals surface area contributed by atoms with Crippen LogP contribution in [0.1, 0.15) is 0 Å². The summed E-state index contributed by atoms with van der Waals surface area (Å²) in [5.74, 6) is 0. The number of carbonyl (C=O) groups excluding carboxylic acids is 1. The van der Waals surface area contributed by atoms with Gasteiger partial charge in [-0.2, -0.15) is 0 Å². The fourth-order valence-corrected chi connectivity index (χ4v) is 2.43. The van der Waals surface area contributed by atoms with Gasteiger partial charge in [-0.15, -0.1) is 0 Å². The number of nitrogen functional groups attached to an aromatic ring is 1. The molecule has 0 aliphatic rings. The van der Waals surface area contributed by atoms with Crippen molar-refractivity contribution in [3.8, 4) is 0 Å². The molecule has 0 aliphatic carbocycles. The maximum absolute atomic E-state index is 11.9. The molecule has 2 amide bonds. The van der Waals surface area contributed by atoms with E-state index in [0.717, 1.165) is 0 Å². The van der Waals surface area contributed by atoms with Gasteiger partial charge >= 0.3 is 6.03 Å². The van der Waals surface area contributed by atoms with Crippen molar-refractivity contribution >= 4 is 69.5 Å². The molecule has 0 radical (unpaired) electrons. The number of benzene rings is 2. The molecule has 0 spiro atoms. The first kappa shape index (κ1) is 16.0. The average molecular weight is 365 g/mol. The molecule has 21 heavy (non-hydrogen) atoms. The van der Waals surface area contributed by atoms with E-state index in [2.05, 4.69) is 10.6 Å². The van der Waals surface area contributed by atoms with Crippen molar-refractivity contribution in [2.24, 2.45) is 0 Å². The summed E-state index contributed by atoms with van der Waals surface area (Å²) in [6.07, 6.45) is 0. The van der Waals surface area contributed by atoms with Crippen LogP contribution in [0.5, 0.6) is 0 Å². The summed E-state index contributed by atoms with van der Waals surface area (Å²) >= 11 is 23.4. The zero-order valence-electron chi connectivity index (χ0n) is 10.4. The van der Waals surface area contributed by atoms with Crippen LogP contribution in [-0.2, 0) is 0 Å². The highest BCUT2D eigenvalue weighted by atomic mass is 35.5. The van der Waals surface area contributed by atoms with Crippen LogP contribution in [0.15, 0.2) is 30.3 Å². The van der Waals surface area contributed by atoms with Gasteiger partial charge in [-0.1, -0.05) is 46.4 Å². The number of amides is 2. The first-order chi connectivity index (χ1) is 9.86. The summed E-state index contributed by atoms with van der Waals surface area (Å²) in [5.41, 5.74) is 6.77. The van der Waals surface area contributed by atoms with Gasteiger partial charge in [-0.25, -0.2) is 4.79 Å². The predicted molar refractivity (Wildman–Crippen MR) is 90.0 cm³/mol. The van der Waals surface area contributed by atoms with E-state index in [1.807, 2.05) is 0 Å². The van der Waals surface area contributed by atoms with Gasteiger partial charge in [0.25, 0.3) is 0 Å². The van der Waals surface area contributed by atoms with Crippen molar-refractivity contribution in [3.05, 3.63) is 50.4 Å². The van der Waals surface area contributed by atoms with Crippen LogP contribution in [0.3, 0.4) is 0 Å². The van der Waals surface area contributed by atoms with E-state index in [-0.39, 0.29) is 16.4 Å². The fraction of sp³-hybridized carbons (Fsp3) is 0. The highest BCUT2D eigenvalue weighted by Gasteiger charge is 2.11. The number of nitrogens with two attached hydrogens (primary N) is 1. The third-order valence-electron chi connectivity index (χ3n) is 2.50. The number of halogens is 4. The van der Waals surface area contributed by atoms with Gasteiger partial charge in [0.2, 0.25) is 0 Å². The molecular weight excluding hydrogens is 356 g/mol. The number of urea groups is 1. The Bertz CT molecular complexity index is 683. The lowest BCUT2D eigenvalue weighted by molar-refractivity contribution is 0.262. The second-order valence-electron chi connectivity index (χ2n) is 4.06. The van der Waals surface area contributed by atoms with Crippen LogP contribution in [0, 0.1) is 0 Å². The molecule has 0 unspecified atom stereocenters. The molecule has 4 N–H and O–H groups in total. The standard InChI is InChI=1S/C13H9Cl4N3O/c14-6-3-10(17)12(11(18)4-6)20-13(21)19-7-1-2-8(15)9(16)5-7/h1-5H,18H2,(H2,19,20,21). The number of carbonyl (C=O) groups is 1. The first-order valence-corrected chi connectivity index (χ1v) is 7.15. The number of anilines is 3. The minimum absolute atomic E-state index is 0.240. The van der Waals surface area contributed by atoms with Crippen LogP contribution < -0.4 is 16.4 Å². The molecule has 2 aromatic carbocycles. The van der Waals surface area contributed by atoms with Gasteiger partial charge in [-0.05, 0) is 30.3 Å². The molecule has 4 nitrogen and oxygen atoms in total. The predicted octanol–water partition coefficient (Wildman–Crippen LogP) is 5.53. The van der Waals surface area contributed by atoms with Crippen molar-refractivity contribution in [2.45, 2.75) is 0 Å². The highest BCUT2D eigenvalue weighted by molar-refractivity contribution is 6.42. The molecule has 0 aliphatic heterocycles. The Kier molecular flexibility index (Phi) is 5.06. The maximum Gasteiger partial charge on any atom is 0.323 e. The van der Waals surface area contributed by atoms with Crippen molar-refractivity contribution in [1.82, 2.24) is 0 Å². The van der Waals surface area contributed by atoms with E-state index in [9.17, 15) is 4.79 Å². The lowest BCUT2D eigenvalue weighted by atomic mass is 10.2. The number of rotatable bonds is 2. The molecular formula is C13H9Cl4N3O. The summed E-state index contributed by atoms with van der Waals surface area (Å²) < 4.78 is 0. The SMILES string of the molecule is Nc1cc(Cl)cc(Cl)c1NC(=O)Nc1ccc(Cl)c(Cl)c1. The van der Waals surface area contributed by atoms with Gasteiger partial charge in [0, 0.05) is 10.7 Å². The molecule has 2 rings (SSSR count). The third-order valence-corrected chi connectivity index (χ3v) is 3.76. The van der Waals surface area contributed by atoms with Crippen LogP contribution in [0.4, 0.5) is 21.9 Å². The van der Waals surface area contributed by atoms with Gasteiger partial charge in [0.15, 0.2) is 0 Å². The summed E-state index contributed by atoms with van der Waals surface area (Å²) in [4.78, 5) is 11.9. The monoisotopic (exact) mass is 363 g/mol. The number of hydrogen-bond donors (Lipinski definition) is 3. The second kappa shape index (κ2) is 6.62. The van der Waals surface area contributed by atoms with Crippen molar-refractivity contribution in [2.75, 3.05) is 16.4 Å². The van der Waals surface area contributed by atoms with E-state index >= 15 is 0 Å². The highest BCUT2D eigenvalue weighted by Crippen LogP contribution is 2.32. The Morgan fingerprint density at radius 3 is 2.24 bits per heavy atom. The molecule has 0 fully saturated rings.